The molecule has 0 heterocycles. The quantitative estimate of drug-likeness (QED) is 0.910. The van der Waals surface area contributed by atoms with Crippen molar-refractivity contribution in [3.63, 3.8) is 0 Å². The molecule has 118 valence electrons. The zero-order valence-electron chi connectivity index (χ0n) is 13.9. The van der Waals surface area contributed by atoms with Crippen LogP contribution in [0, 0.1) is 11.3 Å². The highest BCUT2D eigenvalue weighted by atomic mass is 16.5. The van der Waals surface area contributed by atoms with Crippen molar-refractivity contribution in [2.24, 2.45) is 11.3 Å². The van der Waals surface area contributed by atoms with Gasteiger partial charge < -0.3 is 14.6 Å². The van der Waals surface area contributed by atoms with E-state index in [2.05, 4.69) is 20.8 Å². The van der Waals surface area contributed by atoms with Gasteiger partial charge in [0, 0.05) is 6.07 Å². The summed E-state index contributed by atoms with van der Waals surface area (Å²) in [4.78, 5) is 0. The number of hydrogen-bond donors (Lipinski definition) is 1. The third-order valence-electron chi connectivity index (χ3n) is 4.93. The van der Waals surface area contributed by atoms with Crippen LogP contribution in [0.2, 0.25) is 0 Å². The molecule has 0 bridgehead atoms. The summed E-state index contributed by atoms with van der Waals surface area (Å²) in [5, 5.41) is 11.1. The highest BCUT2D eigenvalue weighted by Gasteiger charge is 2.38. The number of benzene rings is 1. The van der Waals surface area contributed by atoms with Crippen molar-refractivity contribution in [3.8, 4) is 11.5 Å². The van der Waals surface area contributed by atoms with E-state index in [0.717, 1.165) is 42.7 Å². The molecule has 0 atom stereocenters. The topological polar surface area (TPSA) is 38.7 Å². The van der Waals surface area contributed by atoms with Crippen LogP contribution in [0.5, 0.6) is 11.5 Å². The van der Waals surface area contributed by atoms with Crippen molar-refractivity contribution >= 4 is 0 Å². The van der Waals surface area contributed by atoms with E-state index in [1.807, 2.05) is 18.2 Å². The van der Waals surface area contributed by atoms with E-state index in [1.54, 1.807) is 14.2 Å². The third kappa shape index (κ3) is 3.52. The highest BCUT2D eigenvalue weighted by molar-refractivity contribution is 5.41. The molecule has 1 aromatic rings. The normalized spacial score (nSPS) is 26.5. The zero-order chi connectivity index (χ0) is 15.7. The van der Waals surface area contributed by atoms with E-state index >= 15 is 0 Å². The first-order chi connectivity index (χ1) is 9.78. The predicted octanol–water partition coefficient (Wildman–Crippen LogP) is 4.13. The first kappa shape index (κ1) is 16.2. The van der Waals surface area contributed by atoms with Crippen molar-refractivity contribution in [2.75, 3.05) is 14.2 Å². The molecule has 3 nitrogen and oxygen atoms in total. The monoisotopic (exact) mass is 292 g/mol. The Morgan fingerprint density at radius 2 is 1.48 bits per heavy atom. The average molecular weight is 292 g/mol. The summed E-state index contributed by atoms with van der Waals surface area (Å²) in [5.41, 5.74) is 0.461. The second-order valence-electron chi connectivity index (χ2n) is 7.27. The molecule has 1 aromatic carbocycles. The van der Waals surface area contributed by atoms with Gasteiger partial charge in [0.25, 0.3) is 0 Å². The summed E-state index contributed by atoms with van der Waals surface area (Å²) >= 11 is 0. The minimum Gasteiger partial charge on any atom is -0.497 e. The maximum atomic E-state index is 11.1. The van der Waals surface area contributed by atoms with Gasteiger partial charge in [-0.1, -0.05) is 20.8 Å². The molecule has 0 amide bonds. The summed E-state index contributed by atoms with van der Waals surface area (Å²) in [5.74, 6) is 2.14. The van der Waals surface area contributed by atoms with Crippen molar-refractivity contribution in [1.29, 1.82) is 0 Å². The van der Waals surface area contributed by atoms with Gasteiger partial charge in [0.1, 0.15) is 11.5 Å². The Kier molecular flexibility index (Phi) is 4.52. The summed E-state index contributed by atoms with van der Waals surface area (Å²) in [7, 11) is 3.28. The molecule has 0 aromatic heterocycles. The maximum Gasteiger partial charge on any atom is 0.122 e. The summed E-state index contributed by atoms with van der Waals surface area (Å²) < 4.78 is 10.6. The van der Waals surface area contributed by atoms with Crippen LogP contribution in [0.1, 0.15) is 52.0 Å². The van der Waals surface area contributed by atoms with Crippen LogP contribution in [-0.2, 0) is 5.60 Å². The lowest BCUT2D eigenvalue weighted by Gasteiger charge is -2.41. The van der Waals surface area contributed by atoms with Gasteiger partial charge >= 0.3 is 0 Å². The van der Waals surface area contributed by atoms with E-state index < -0.39 is 5.60 Å². The SMILES string of the molecule is COc1cc(OC)cc(C2(O)CCC(C(C)(C)C)CC2)c1. The van der Waals surface area contributed by atoms with Gasteiger partial charge in [-0.3, -0.25) is 0 Å². The van der Waals surface area contributed by atoms with Crippen molar-refractivity contribution in [2.45, 2.75) is 52.1 Å². The molecule has 1 saturated carbocycles. The van der Waals surface area contributed by atoms with Crippen LogP contribution in [0.4, 0.5) is 0 Å². The Labute approximate surface area is 128 Å². The molecule has 0 saturated heterocycles. The second-order valence-corrected chi connectivity index (χ2v) is 7.27. The molecule has 21 heavy (non-hydrogen) atoms. The van der Waals surface area contributed by atoms with Crippen LogP contribution in [0.15, 0.2) is 18.2 Å². The van der Waals surface area contributed by atoms with Crippen molar-refractivity contribution < 1.29 is 14.6 Å². The second kappa shape index (κ2) is 5.88. The van der Waals surface area contributed by atoms with E-state index in [9.17, 15) is 5.11 Å². The zero-order valence-corrected chi connectivity index (χ0v) is 13.9. The van der Waals surface area contributed by atoms with Gasteiger partial charge in [0.2, 0.25) is 0 Å². The minimum absolute atomic E-state index is 0.313. The Morgan fingerprint density at radius 3 is 1.86 bits per heavy atom. The summed E-state index contributed by atoms with van der Waals surface area (Å²) in [6.45, 7) is 6.86. The fraction of sp³-hybridized carbons (Fsp3) is 0.667. The molecule has 1 aliphatic rings. The maximum absolute atomic E-state index is 11.1. The molecule has 0 radical (unpaired) electrons. The molecule has 1 aliphatic carbocycles. The number of hydrogen-bond acceptors (Lipinski definition) is 3. The lowest BCUT2D eigenvalue weighted by atomic mass is 9.67. The Hall–Kier alpha value is -1.22. The largest absolute Gasteiger partial charge is 0.497 e. The van der Waals surface area contributed by atoms with Crippen LogP contribution in [0.25, 0.3) is 0 Å². The minimum atomic E-state index is -0.760. The van der Waals surface area contributed by atoms with Gasteiger partial charge in [-0.2, -0.15) is 0 Å². The molecule has 0 unspecified atom stereocenters. The van der Waals surface area contributed by atoms with Gasteiger partial charge in [-0.25, -0.2) is 0 Å². The molecule has 0 spiro atoms. The van der Waals surface area contributed by atoms with E-state index in [0.29, 0.717) is 11.3 Å². The summed E-state index contributed by atoms with van der Waals surface area (Å²) in [6.07, 6.45) is 3.70. The third-order valence-corrected chi connectivity index (χ3v) is 4.93. The van der Waals surface area contributed by atoms with Gasteiger partial charge in [0.15, 0.2) is 0 Å². The van der Waals surface area contributed by atoms with Crippen LogP contribution in [-0.4, -0.2) is 19.3 Å². The molecule has 1 fully saturated rings. The predicted molar refractivity (Wildman–Crippen MR) is 84.9 cm³/mol. The fourth-order valence-electron chi connectivity index (χ4n) is 3.33. The average Bonchev–Trinajstić information content (AvgIpc) is 2.46. The van der Waals surface area contributed by atoms with Crippen LogP contribution >= 0.6 is 0 Å². The van der Waals surface area contributed by atoms with Gasteiger partial charge in [-0.15, -0.1) is 0 Å². The van der Waals surface area contributed by atoms with E-state index in [-0.39, 0.29) is 0 Å². The van der Waals surface area contributed by atoms with Crippen molar-refractivity contribution in [1.82, 2.24) is 0 Å². The van der Waals surface area contributed by atoms with Crippen LogP contribution < -0.4 is 9.47 Å². The van der Waals surface area contributed by atoms with E-state index in [4.69, 9.17) is 9.47 Å². The summed E-state index contributed by atoms with van der Waals surface area (Å²) in [6, 6.07) is 5.70. The lowest BCUT2D eigenvalue weighted by Crippen LogP contribution is -2.35. The molecule has 1 N–H and O–H groups in total. The Morgan fingerprint density at radius 1 is 1.00 bits per heavy atom. The highest BCUT2D eigenvalue weighted by Crippen LogP contribution is 2.46. The van der Waals surface area contributed by atoms with E-state index in [1.165, 1.54) is 0 Å². The van der Waals surface area contributed by atoms with Crippen LogP contribution in [0.3, 0.4) is 0 Å². The standard InChI is InChI=1S/C18H28O3/c1-17(2,3)13-6-8-18(19,9-7-13)14-10-15(20-4)12-16(11-14)21-5/h10-13,19H,6-9H2,1-5H3. The first-order valence-corrected chi connectivity index (χ1v) is 7.74. The number of methoxy groups -OCH3 is 2. The molecule has 3 heteroatoms. The van der Waals surface area contributed by atoms with Crippen molar-refractivity contribution in [3.05, 3.63) is 23.8 Å². The Balaban J connectivity index is 2.22. The first-order valence-electron chi connectivity index (χ1n) is 7.74. The smallest absolute Gasteiger partial charge is 0.122 e. The van der Waals surface area contributed by atoms with Gasteiger partial charge in [-0.05, 0) is 54.7 Å². The fourth-order valence-corrected chi connectivity index (χ4v) is 3.33. The number of ether oxygens (including phenoxy) is 2. The molecular formula is C18H28O3. The molecule has 0 aliphatic heterocycles. The Bertz CT molecular complexity index is 457. The number of rotatable bonds is 3. The lowest BCUT2D eigenvalue weighted by molar-refractivity contribution is -0.0300. The molecule has 2 rings (SSSR count). The molecular weight excluding hydrogens is 264 g/mol. The van der Waals surface area contributed by atoms with Gasteiger partial charge in [0.05, 0.1) is 19.8 Å². The number of aliphatic hydroxyl groups is 1.